The zero-order chi connectivity index (χ0) is 20.3. The number of amides is 1. The van der Waals surface area contributed by atoms with Gasteiger partial charge < -0.3 is 4.90 Å². The van der Waals surface area contributed by atoms with Gasteiger partial charge in [0.05, 0.1) is 5.69 Å². The van der Waals surface area contributed by atoms with E-state index in [0.29, 0.717) is 12.3 Å². The van der Waals surface area contributed by atoms with E-state index in [0.717, 1.165) is 44.8 Å². The third-order valence-electron chi connectivity index (χ3n) is 6.03. The normalized spacial score (nSPS) is 15.4. The summed E-state index contributed by atoms with van der Waals surface area (Å²) in [6.45, 7) is 13.1. The summed E-state index contributed by atoms with van der Waals surface area (Å²) in [5, 5.41) is 4.45. The van der Waals surface area contributed by atoms with E-state index >= 15 is 0 Å². The van der Waals surface area contributed by atoms with Crippen LogP contribution in [0.2, 0.25) is 0 Å². The van der Waals surface area contributed by atoms with Crippen LogP contribution in [-0.2, 0) is 24.8 Å². The second kappa shape index (κ2) is 8.91. The van der Waals surface area contributed by atoms with Crippen LogP contribution in [0.15, 0.2) is 24.3 Å². The quantitative estimate of drug-likeness (QED) is 0.768. The number of carbonyl (C=O) groups is 1. The van der Waals surface area contributed by atoms with Gasteiger partial charge in [-0.2, -0.15) is 5.10 Å². The van der Waals surface area contributed by atoms with Crippen molar-refractivity contribution in [3.63, 3.8) is 0 Å². The first-order valence-corrected chi connectivity index (χ1v) is 10.4. The smallest absolute Gasteiger partial charge is 0.222 e. The Morgan fingerprint density at radius 1 is 1.07 bits per heavy atom. The van der Waals surface area contributed by atoms with E-state index in [4.69, 9.17) is 0 Å². The van der Waals surface area contributed by atoms with E-state index < -0.39 is 0 Å². The Morgan fingerprint density at radius 2 is 1.71 bits per heavy atom. The molecule has 0 spiro atoms. The maximum atomic E-state index is 12.6. The maximum Gasteiger partial charge on any atom is 0.222 e. The zero-order valence-corrected chi connectivity index (χ0v) is 18.0. The predicted octanol–water partition coefficient (Wildman–Crippen LogP) is 3.44. The van der Waals surface area contributed by atoms with E-state index in [1.54, 1.807) is 0 Å². The summed E-state index contributed by atoms with van der Waals surface area (Å²) in [6.07, 6.45) is 1.36. The third kappa shape index (κ3) is 4.82. The van der Waals surface area contributed by atoms with Crippen LogP contribution >= 0.6 is 0 Å². The van der Waals surface area contributed by atoms with E-state index in [9.17, 15) is 4.79 Å². The average Bonchev–Trinajstić information content (AvgIpc) is 2.92. The Hall–Kier alpha value is -2.14. The topological polar surface area (TPSA) is 41.4 Å². The first kappa shape index (κ1) is 20.6. The minimum absolute atomic E-state index is 0.267. The van der Waals surface area contributed by atoms with E-state index in [-0.39, 0.29) is 5.91 Å². The summed E-state index contributed by atoms with van der Waals surface area (Å²) < 4.78 is 1.90. The summed E-state index contributed by atoms with van der Waals surface area (Å²) in [4.78, 5) is 17.1. The van der Waals surface area contributed by atoms with Crippen molar-refractivity contribution in [3.05, 3.63) is 52.3 Å². The lowest BCUT2D eigenvalue weighted by Crippen LogP contribution is -2.48. The maximum absolute atomic E-state index is 12.6. The summed E-state index contributed by atoms with van der Waals surface area (Å²) in [6, 6.07) is 8.96. The molecule has 0 unspecified atom stereocenters. The Balaban J connectivity index is 1.46. The van der Waals surface area contributed by atoms with Crippen molar-refractivity contribution in [1.82, 2.24) is 19.6 Å². The molecule has 2 aromatic rings. The highest BCUT2D eigenvalue weighted by Gasteiger charge is 2.21. The molecule has 0 aliphatic carbocycles. The molecule has 0 bridgehead atoms. The fraction of sp³-hybridized carbons (Fsp3) is 0.565. The Labute approximate surface area is 169 Å². The monoisotopic (exact) mass is 382 g/mol. The van der Waals surface area contributed by atoms with Gasteiger partial charge in [-0.25, -0.2) is 0 Å². The molecule has 1 aromatic carbocycles. The average molecular weight is 383 g/mol. The molecule has 0 atom stereocenters. The SMILES string of the molecule is Cc1nn(C)c(C)c1CCC(=O)N1CCN(Cc2ccc(C(C)C)cc2)CC1. The third-order valence-corrected chi connectivity index (χ3v) is 6.03. The summed E-state index contributed by atoms with van der Waals surface area (Å²) in [5.41, 5.74) is 6.17. The molecule has 1 aromatic heterocycles. The fourth-order valence-electron chi connectivity index (χ4n) is 3.99. The van der Waals surface area contributed by atoms with Crippen LogP contribution in [0.3, 0.4) is 0 Å². The van der Waals surface area contributed by atoms with Crippen molar-refractivity contribution in [2.45, 2.75) is 53.0 Å². The van der Waals surface area contributed by atoms with Gasteiger partial charge in [-0.15, -0.1) is 0 Å². The van der Waals surface area contributed by atoms with Gasteiger partial charge in [0.15, 0.2) is 0 Å². The van der Waals surface area contributed by atoms with Crippen LogP contribution in [0.4, 0.5) is 0 Å². The van der Waals surface area contributed by atoms with Crippen molar-refractivity contribution < 1.29 is 4.79 Å². The number of piperazine rings is 1. The molecule has 1 saturated heterocycles. The van der Waals surface area contributed by atoms with E-state index in [1.807, 2.05) is 23.6 Å². The molecule has 5 nitrogen and oxygen atoms in total. The van der Waals surface area contributed by atoms with Gasteiger partial charge in [0.2, 0.25) is 5.91 Å². The number of aromatic nitrogens is 2. The van der Waals surface area contributed by atoms with Crippen LogP contribution in [0, 0.1) is 13.8 Å². The number of carbonyl (C=O) groups excluding carboxylic acids is 1. The van der Waals surface area contributed by atoms with Gasteiger partial charge in [-0.05, 0) is 42.9 Å². The van der Waals surface area contributed by atoms with Crippen molar-refractivity contribution in [3.8, 4) is 0 Å². The van der Waals surface area contributed by atoms with Crippen molar-refractivity contribution >= 4 is 5.91 Å². The highest BCUT2D eigenvalue weighted by Crippen LogP contribution is 2.17. The van der Waals surface area contributed by atoms with Gasteiger partial charge >= 0.3 is 0 Å². The molecule has 1 aliphatic heterocycles. The first-order valence-electron chi connectivity index (χ1n) is 10.4. The predicted molar refractivity (Wildman–Crippen MR) is 113 cm³/mol. The number of aryl methyl sites for hydroxylation is 2. The van der Waals surface area contributed by atoms with E-state index in [2.05, 4.69) is 55.0 Å². The lowest BCUT2D eigenvalue weighted by atomic mass is 10.0. The molecule has 3 rings (SSSR count). The molecular weight excluding hydrogens is 348 g/mol. The number of benzene rings is 1. The van der Waals surface area contributed by atoms with Crippen LogP contribution in [-0.4, -0.2) is 51.7 Å². The second-order valence-corrected chi connectivity index (χ2v) is 8.33. The number of hydrogen-bond donors (Lipinski definition) is 0. The van der Waals surface area contributed by atoms with Crippen molar-refractivity contribution in [2.75, 3.05) is 26.2 Å². The molecule has 152 valence electrons. The van der Waals surface area contributed by atoms with Crippen LogP contribution < -0.4 is 0 Å². The number of hydrogen-bond acceptors (Lipinski definition) is 3. The highest BCUT2D eigenvalue weighted by molar-refractivity contribution is 5.76. The standard InChI is InChI=1S/C23H34N4O/c1-17(2)21-8-6-20(7-9-21)16-26-12-14-27(15-13-26)23(28)11-10-22-18(3)24-25(5)19(22)4/h6-9,17H,10-16H2,1-5H3. The first-order chi connectivity index (χ1) is 13.3. The molecule has 2 heterocycles. The summed E-state index contributed by atoms with van der Waals surface area (Å²) in [5.74, 6) is 0.839. The van der Waals surface area contributed by atoms with Crippen LogP contribution in [0.1, 0.15) is 54.3 Å². The number of nitrogens with zero attached hydrogens (tertiary/aromatic N) is 4. The highest BCUT2D eigenvalue weighted by atomic mass is 16.2. The van der Waals surface area contributed by atoms with Gasteiger partial charge in [-0.1, -0.05) is 38.1 Å². The Morgan fingerprint density at radius 3 is 2.25 bits per heavy atom. The lowest BCUT2D eigenvalue weighted by molar-refractivity contribution is -0.133. The van der Waals surface area contributed by atoms with Crippen molar-refractivity contribution in [1.29, 1.82) is 0 Å². The minimum Gasteiger partial charge on any atom is -0.340 e. The Kier molecular flexibility index (Phi) is 6.55. The molecular formula is C23H34N4O. The Bertz CT molecular complexity index is 799. The van der Waals surface area contributed by atoms with Gasteiger partial charge in [0.1, 0.15) is 0 Å². The number of rotatable bonds is 6. The van der Waals surface area contributed by atoms with Gasteiger partial charge in [0.25, 0.3) is 0 Å². The molecule has 1 amide bonds. The van der Waals surface area contributed by atoms with Crippen LogP contribution in [0.25, 0.3) is 0 Å². The fourth-order valence-corrected chi connectivity index (χ4v) is 3.99. The zero-order valence-electron chi connectivity index (χ0n) is 18.0. The second-order valence-electron chi connectivity index (χ2n) is 8.33. The van der Waals surface area contributed by atoms with Crippen molar-refractivity contribution in [2.24, 2.45) is 7.05 Å². The molecule has 1 fully saturated rings. The molecule has 28 heavy (non-hydrogen) atoms. The molecule has 0 radical (unpaired) electrons. The molecule has 5 heteroatoms. The van der Waals surface area contributed by atoms with E-state index in [1.165, 1.54) is 22.4 Å². The molecule has 0 N–H and O–H groups in total. The van der Waals surface area contributed by atoms with Gasteiger partial charge in [-0.3, -0.25) is 14.4 Å². The van der Waals surface area contributed by atoms with Gasteiger partial charge in [0, 0.05) is 51.9 Å². The largest absolute Gasteiger partial charge is 0.340 e. The summed E-state index contributed by atoms with van der Waals surface area (Å²) >= 11 is 0. The molecule has 0 saturated carbocycles. The molecule has 1 aliphatic rings. The summed E-state index contributed by atoms with van der Waals surface area (Å²) in [7, 11) is 1.96. The minimum atomic E-state index is 0.267. The van der Waals surface area contributed by atoms with Crippen LogP contribution in [0.5, 0.6) is 0 Å². The lowest BCUT2D eigenvalue weighted by Gasteiger charge is -2.35.